The fraction of sp³-hybridized carbons (Fsp3) is 0.396. The van der Waals surface area contributed by atoms with Gasteiger partial charge in [-0.2, -0.15) is 0 Å². The van der Waals surface area contributed by atoms with Gasteiger partial charge in [0.1, 0.15) is 17.6 Å². The number of phenols is 1. The molecule has 60 heavy (non-hydrogen) atoms. The zero-order valence-electron chi connectivity index (χ0n) is 33.7. The Hall–Kier alpha value is -5.88. The van der Waals surface area contributed by atoms with E-state index in [9.17, 15) is 33.5 Å². The average Bonchev–Trinajstić information content (AvgIpc) is 3.86. The molecule has 12 heteroatoms. The Bertz CT molecular complexity index is 2400. The maximum Gasteiger partial charge on any atom is 0.262 e. The highest BCUT2D eigenvalue weighted by Crippen LogP contribution is 2.48. The number of likely N-dealkylation sites (tertiary alicyclic amines) is 1. The lowest BCUT2D eigenvalue weighted by atomic mass is 9.69. The Balaban J connectivity index is 0.767. The van der Waals surface area contributed by atoms with Crippen molar-refractivity contribution in [2.45, 2.75) is 88.9 Å². The van der Waals surface area contributed by atoms with E-state index in [0.717, 1.165) is 78.9 Å². The van der Waals surface area contributed by atoms with Gasteiger partial charge in [-0.1, -0.05) is 30.3 Å². The molecule has 4 atom stereocenters. The van der Waals surface area contributed by atoms with Crippen LogP contribution in [0.2, 0.25) is 0 Å². The highest BCUT2D eigenvalue weighted by Gasteiger charge is 2.47. The molecule has 0 radical (unpaired) electrons. The normalized spacial score (nSPS) is 24.8. The number of fused-ring (bicyclic) bond motifs is 3. The van der Waals surface area contributed by atoms with Gasteiger partial charge in [0.05, 0.1) is 17.7 Å². The van der Waals surface area contributed by atoms with Crippen molar-refractivity contribution in [3.63, 3.8) is 0 Å². The standard InChI is InChI=1S/C48H48FN5O6/c1-28-23-48(27-53(28)43(57)26-51-24-32-21-39-40(22-33(32)25-51)47(60)54(46(39)59)41-14-15-42(56)50-45(41)58)16-18-52(19-17-48)35-9-4-30(5-10-35)44-37(29-2-7-34(49)8-3-29)12-6-31-20-36(55)11-13-38(31)44/h2-5,7-11,13,20-22,28,37,41,44,55H,6,12,14-19,23-27H2,1H3,(H,50,56,58)/t28-,37-,41-,44+/m1/s1. The van der Waals surface area contributed by atoms with E-state index in [4.69, 9.17) is 0 Å². The predicted molar refractivity (Wildman–Crippen MR) is 221 cm³/mol. The lowest BCUT2D eigenvalue weighted by Crippen LogP contribution is -2.54. The molecule has 2 N–H and O–H groups in total. The molecule has 0 bridgehead atoms. The minimum atomic E-state index is -1.00. The number of halogens is 1. The first-order chi connectivity index (χ1) is 28.9. The second-order valence-corrected chi connectivity index (χ2v) is 18.0. The number of amides is 5. The zero-order chi connectivity index (χ0) is 41.4. The number of phenolic OH excluding ortho intramolecular Hbond substituents is 1. The molecule has 11 nitrogen and oxygen atoms in total. The van der Waals surface area contributed by atoms with E-state index in [1.807, 2.05) is 24.3 Å². The number of hydrogen-bond acceptors (Lipinski definition) is 8. The van der Waals surface area contributed by atoms with E-state index in [0.29, 0.717) is 13.1 Å². The Morgan fingerprint density at radius 3 is 2.15 bits per heavy atom. The number of benzene rings is 4. The number of carbonyl (C=O) groups excluding carboxylic acids is 5. The number of imide groups is 2. The van der Waals surface area contributed by atoms with Gasteiger partial charge < -0.3 is 14.9 Å². The summed E-state index contributed by atoms with van der Waals surface area (Å²) in [6.45, 7) is 5.91. The fourth-order valence-electron chi connectivity index (χ4n) is 11.3. The minimum absolute atomic E-state index is 0.0646. The summed E-state index contributed by atoms with van der Waals surface area (Å²) in [5.74, 6) is -1.68. The number of piperidine rings is 2. The first-order valence-electron chi connectivity index (χ1n) is 21.2. The Labute approximate surface area is 348 Å². The summed E-state index contributed by atoms with van der Waals surface area (Å²) < 4.78 is 13.9. The monoisotopic (exact) mass is 809 g/mol. The van der Waals surface area contributed by atoms with Crippen LogP contribution in [-0.4, -0.2) is 87.6 Å². The van der Waals surface area contributed by atoms with E-state index in [2.05, 4.69) is 51.2 Å². The van der Waals surface area contributed by atoms with Crippen molar-refractivity contribution in [3.05, 3.63) is 129 Å². The predicted octanol–water partition coefficient (Wildman–Crippen LogP) is 6.02. The van der Waals surface area contributed by atoms with Crippen LogP contribution in [0.25, 0.3) is 0 Å². The molecule has 5 aliphatic heterocycles. The maximum absolute atomic E-state index is 13.9. The largest absolute Gasteiger partial charge is 0.508 e. The van der Waals surface area contributed by atoms with E-state index in [1.54, 1.807) is 30.3 Å². The van der Waals surface area contributed by atoms with Gasteiger partial charge in [0.25, 0.3) is 11.8 Å². The summed E-state index contributed by atoms with van der Waals surface area (Å²) in [4.78, 5) is 72.4. The molecule has 10 rings (SSSR count). The third kappa shape index (κ3) is 6.65. The van der Waals surface area contributed by atoms with Crippen LogP contribution in [0.1, 0.15) is 111 Å². The number of rotatable bonds is 6. The van der Waals surface area contributed by atoms with Gasteiger partial charge in [0.15, 0.2) is 0 Å². The third-order valence-corrected chi connectivity index (χ3v) is 14.3. The van der Waals surface area contributed by atoms with E-state index < -0.39 is 29.7 Å². The number of anilines is 1. The van der Waals surface area contributed by atoms with Crippen LogP contribution in [0, 0.1) is 11.2 Å². The molecule has 1 spiro atoms. The van der Waals surface area contributed by atoms with Crippen LogP contribution < -0.4 is 10.2 Å². The number of carbonyl (C=O) groups is 5. The van der Waals surface area contributed by atoms with Gasteiger partial charge in [-0.3, -0.25) is 39.1 Å². The van der Waals surface area contributed by atoms with Gasteiger partial charge >= 0.3 is 0 Å². The summed E-state index contributed by atoms with van der Waals surface area (Å²) in [7, 11) is 0. The van der Waals surface area contributed by atoms with Crippen molar-refractivity contribution in [3.8, 4) is 5.75 Å². The van der Waals surface area contributed by atoms with Crippen LogP contribution in [0.5, 0.6) is 5.75 Å². The second-order valence-electron chi connectivity index (χ2n) is 18.0. The molecule has 6 aliphatic rings. The molecule has 3 saturated heterocycles. The lowest BCUT2D eigenvalue weighted by Gasteiger charge is -2.40. The smallest absolute Gasteiger partial charge is 0.262 e. The molecule has 1 aliphatic carbocycles. The minimum Gasteiger partial charge on any atom is -0.508 e. The van der Waals surface area contributed by atoms with Crippen molar-refractivity contribution >= 4 is 35.2 Å². The quantitative estimate of drug-likeness (QED) is 0.227. The van der Waals surface area contributed by atoms with Gasteiger partial charge in [0, 0.05) is 56.8 Å². The molecule has 5 amide bonds. The summed E-state index contributed by atoms with van der Waals surface area (Å²) in [6.07, 6.45) is 4.90. The summed E-state index contributed by atoms with van der Waals surface area (Å²) >= 11 is 0. The van der Waals surface area contributed by atoms with Gasteiger partial charge in [-0.05, 0) is 139 Å². The number of aryl methyl sites for hydroxylation is 1. The molecule has 0 aromatic heterocycles. The third-order valence-electron chi connectivity index (χ3n) is 14.3. The average molecular weight is 810 g/mol. The van der Waals surface area contributed by atoms with Crippen molar-refractivity contribution in [2.24, 2.45) is 5.41 Å². The molecule has 0 saturated carbocycles. The van der Waals surface area contributed by atoms with E-state index in [-0.39, 0.29) is 71.3 Å². The number of nitrogens with zero attached hydrogens (tertiary/aromatic N) is 4. The SMILES string of the molecule is C[C@@H]1CC2(CCN(c3ccc([C@@H]4c5ccc(O)cc5CC[C@@H]4c4ccc(F)cc4)cc3)CC2)CN1C(=O)CN1Cc2cc3c(cc2C1)C(=O)N([C@@H]1CCC(=O)NC1=O)C3=O. The molecular formula is C48H48FN5O6. The van der Waals surface area contributed by atoms with Crippen molar-refractivity contribution < 1.29 is 33.5 Å². The summed E-state index contributed by atoms with van der Waals surface area (Å²) in [5.41, 5.74) is 8.27. The van der Waals surface area contributed by atoms with Crippen LogP contribution in [0.15, 0.2) is 78.9 Å². The van der Waals surface area contributed by atoms with Crippen molar-refractivity contribution in [1.82, 2.24) is 20.0 Å². The molecule has 4 aromatic rings. The van der Waals surface area contributed by atoms with Crippen molar-refractivity contribution in [2.75, 3.05) is 31.1 Å². The van der Waals surface area contributed by atoms with Crippen LogP contribution >= 0.6 is 0 Å². The Kier molecular flexibility index (Phi) is 9.38. The molecule has 5 heterocycles. The summed E-state index contributed by atoms with van der Waals surface area (Å²) in [5, 5.41) is 12.5. The lowest BCUT2D eigenvalue weighted by molar-refractivity contribution is -0.136. The Morgan fingerprint density at radius 1 is 0.817 bits per heavy atom. The fourth-order valence-corrected chi connectivity index (χ4v) is 11.3. The van der Waals surface area contributed by atoms with Gasteiger partial charge in [-0.15, -0.1) is 0 Å². The van der Waals surface area contributed by atoms with Crippen LogP contribution in [0.4, 0.5) is 10.1 Å². The van der Waals surface area contributed by atoms with Crippen LogP contribution in [-0.2, 0) is 33.9 Å². The Morgan fingerprint density at radius 2 is 1.48 bits per heavy atom. The first kappa shape index (κ1) is 38.3. The highest BCUT2D eigenvalue weighted by atomic mass is 19.1. The topological polar surface area (TPSA) is 131 Å². The molecule has 0 unspecified atom stereocenters. The van der Waals surface area contributed by atoms with Crippen LogP contribution in [0.3, 0.4) is 0 Å². The van der Waals surface area contributed by atoms with Gasteiger partial charge in [0.2, 0.25) is 17.7 Å². The van der Waals surface area contributed by atoms with Crippen molar-refractivity contribution in [1.29, 1.82) is 0 Å². The molecule has 3 fully saturated rings. The molecular weight excluding hydrogens is 762 g/mol. The maximum atomic E-state index is 13.9. The number of hydrogen-bond donors (Lipinski definition) is 2. The summed E-state index contributed by atoms with van der Waals surface area (Å²) in [6, 6.07) is 24.1. The number of aromatic hydroxyl groups is 1. The first-order valence-corrected chi connectivity index (χ1v) is 21.2. The van der Waals surface area contributed by atoms with E-state index in [1.165, 1.54) is 16.8 Å². The second kappa shape index (κ2) is 14.7. The number of nitrogens with one attached hydrogen (secondary N) is 1. The highest BCUT2D eigenvalue weighted by molar-refractivity contribution is 6.23. The zero-order valence-corrected chi connectivity index (χ0v) is 33.7. The van der Waals surface area contributed by atoms with E-state index >= 15 is 0 Å². The molecule has 308 valence electrons. The molecule has 4 aromatic carbocycles. The van der Waals surface area contributed by atoms with Gasteiger partial charge in [-0.25, -0.2) is 4.39 Å².